The Kier molecular flexibility index (Phi) is 6.85. The van der Waals surface area contributed by atoms with Crippen molar-refractivity contribution in [1.29, 1.82) is 0 Å². The second-order valence-electron chi connectivity index (χ2n) is 7.53. The van der Waals surface area contributed by atoms with Crippen molar-refractivity contribution < 1.29 is 19.1 Å². The van der Waals surface area contributed by atoms with Crippen molar-refractivity contribution in [1.82, 2.24) is 0 Å². The quantitative estimate of drug-likeness (QED) is 0.494. The summed E-state index contributed by atoms with van der Waals surface area (Å²) in [5, 5.41) is 0. The van der Waals surface area contributed by atoms with Crippen LogP contribution in [0.1, 0.15) is 63.0 Å². The summed E-state index contributed by atoms with van der Waals surface area (Å²) in [5.41, 5.74) is 2.77. The van der Waals surface area contributed by atoms with Gasteiger partial charge in [-0.25, -0.2) is 0 Å². The van der Waals surface area contributed by atoms with Crippen molar-refractivity contribution in [3.8, 4) is 11.5 Å². The zero-order chi connectivity index (χ0) is 19.9. The van der Waals surface area contributed by atoms with Crippen LogP contribution in [0.3, 0.4) is 0 Å². The number of hydrogen-bond donors (Lipinski definition) is 0. The molecule has 0 atom stereocenters. The molecule has 1 aliphatic rings. The summed E-state index contributed by atoms with van der Waals surface area (Å²) in [6.07, 6.45) is 6.02. The SMILES string of the molecule is CCCc1ccc(C2CCC(C(=O)Oc3ccc(OC(C)=O)cc3)CC2)cc1. The molecule has 0 N–H and O–H groups in total. The highest BCUT2D eigenvalue weighted by molar-refractivity contribution is 5.75. The number of ether oxygens (including phenoxy) is 2. The summed E-state index contributed by atoms with van der Waals surface area (Å²) in [4.78, 5) is 23.4. The molecule has 3 rings (SSSR count). The molecule has 0 aromatic heterocycles. The van der Waals surface area contributed by atoms with Gasteiger partial charge in [0.05, 0.1) is 5.92 Å². The first kappa shape index (κ1) is 20.1. The molecule has 2 aromatic carbocycles. The Balaban J connectivity index is 1.50. The van der Waals surface area contributed by atoms with Crippen LogP contribution in [-0.4, -0.2) is 11.9 Å². The molecule has 28 heavy (non-hydrogen) atoms. The molecule has 1 aliphatic carbocycles. The Morgan fingerprint density at radius 1 is 0.857 bits per heavy atom. The zero-order valence-corrected chi connectivity index (χ0v) is 16.6. The molecule has 0 unspecified atom stereocenters. The maximum atomic E-state index is 12.5. The number of rotatable bonds is 6. The molecule has 1 fully saturated rings. The lowest BCUT2D eigenvalue weighted by Gasteiger charge is -2.27. The monoisotopic (exact) mass is 380 g/mol. The van der Waals surface area contributed by atoms with Gasteiger partial charge in [-0.05, 0) is 73.4 Å². The van der Waals surface area contributed by atoms with Gasteiger partial charge in [0.2, 0.25) is 0 Å². The van der Waals surface area contributed by atoms with Gasteiger partial charge in [-0.2, -0.15) is 0 Å². The zero-order valence-electron chi connectivity index (χ0n) is 16.6. The van der Waals surface area contributed by atoms with E-state index in [1.165, 1.54) is 24.5 Å². The summed E-state index contributed by atoms with van der Waals surface area (Å²) in [6.45, 7) is 3.55. The Morgan fingerprint density at radius 2 is 1.43 bits per heavy atom. The molecule has 0 amide bonds. The van der Waals surface area contributed by atoms with Crippen molar-refractivity contribution in [2.24, 2.45) is 5.92 Å². The number of benzene rings is 2. The number of esters is 2. The van der Waals surface area contributed by atoms with E-state index in [0.29, 0.717) is 17.4 Å². The first-order chi connectivity index (χ1) is 13.5. The van der Waals surface area contributed by atoms with Gasteiger partial charge in [0.25, 0.3) is 0 Å². The lowest BCUT2D eigenvalue weighted by molar-refractivity contribution is -0.140. The summed E-state index contributed by atoms with van der Waals surface area (Å²) in [6, 6.07) is 15.5. The van der Waals surface area contributed by atoms with Crippen molar-refractivity contribution in [3.05, 3.63) is 59.7 Å². The van der Waals surface area contributed by atoms with Gasteiger partial charge in [0, 0.05) is 6.92 Å². The summed E-state index contributed by atoms with van der Waals surface area (Å²) in [5.74, 6) is 0.859. The molecule has 2 aromatic rings. The van der Waals surface area contributed by atoms with E-state index >= 15 is 0 Å². The van der Waals surface area contributed by atoms with Crippen molar-refractivity contribution in [2.75, 3.05) is 0 Å². The van der Waals surface area contributed by atoms with E-state index in [2.05, 4.69) is 31.2 Å². The second kappa shape index (κ2) is 9.54. The highest BCUT2D eigenvalue weighted by atomic mass is 16.5. The van der Waals surface area contributed by atoms with Gasteiger partial charge in [0.1, 0.15) is 11.5 Å². The molecule has 0 heterocycles. The van der Waals surface area contributed by atoms with Crippen LogP contribution in [0.2, 0.25) is 0 Å². The Hall–Kier alpha value is -2.62. The van der Waals surface area contributed by atoms with E-state index in [1.807, 2.05) is 0 Å². The minimum atomic E-state index is -0.374. The van der Waals surface area contributed by atoms with Crippen LogP contribution < -0.4 is 9.47 Å². The molecule has 0 spiro atoms. The van der Waals surface area contributed by atoms with Crippen LogP contribution in [-0.2, 0) is 16.0 Å². The van der Waals surface area contributed by atoms with Crippen molar-refractivity contribution >= 4 is 11.9 Å². The van der Waals surface area contributed by atoms with Crippen molar-refractivity contribution in [2.45, 2.75) is 58.3 Å². The molecular weight excluding hydrogens is 352 g/mol. The van der Waals surface area contributed by atoms with Crippen LogP contribution in [0, 0.1) is 5.92 Å². The molecule has 1 saturated carbocycles. The molecule has 0 saturated heterocycles. The van der Waals surface area contributed by atoms with Crippen LogP contribution in [0.15, 0.2) is 48.5 Å². The van der Waals surface area contributed by atoms with Gasteiger partial charge in [-0.15, -0.1) is 0 Å². The number of hydrogen-bond acceptors (Lipinski definition) is 4. The number of aryl methyl sites for hydroxylation is 1. The van der Waals surface area contributed by atoms with E-state index in [9.17, 15) is 9.59 Å². The van der Waals surface area contributed by atoms with Gasteiger partial charge < -0.3 is 9.47 Å². The summed E-state index contributed by atoms with van der Waals surface area (Å²) >= 11 is 0. The fourth-order valence-electron chi connectivity index (χ4n) is 3.85. The van der Waals surface area contributed by atoms with Crippen LogP contribution in [0.4, 0.5) is 0 Å². The third-order valence-corrected chi connectivity index (χ3v) is 5.35. The Labute approximate surface area is 166 Å². The van der Waals surface area contributed by atoms with Gasteiger partial charge in [-0.3, -0.25) is 9.59 Å². The smallest absolute Gasteiger partial charge is 0.314 e. The number of carbonyl (C=O) groups excluding carboxylic acids is 2. The molecule has 0 bridgehead atoms. The second-order valence-corrected chi connectivity index (χ2v) is 7.53. The normalized spacial score (nSPS) is 19.1. The van der Waals surface area contributed by atoms with Crippen LogP contribution in [0.25, 0.3) is 0 Å². The maximum Gasteiger partial charge on any atom is 0.314 e. The van der Waals surface area contributed by atoms with E-state index in [0.717, 1.165) is 32.1 Å². The molecule has 4 heteroatoms. The molecule has 0 aliphatic heterocycles. The minimum absolute atomic E-state index is 0.0521. The third kappa shape index (κ3) is 5.44. The Morgan fingerprint density at radius 3 is 1.96 bits per heavy atom. The highest BCUT2D eigenvalue weighted by Gasteiger charge is 2.28. The first-order valence-electron chi connectivity index (χ1n) is 10.1. The average Bonchev–Trinajstić information content (AvgIpc) is 2.70. The molecular formula is C24H28O4. The molecule has 0 radical (unpaired) electrons. The third-order valence-electron chi connectivity index (χ3n) is 5.35. The first-order valence-corrected chi connectivity index (χ1v) is 10.1. The molecule has 4 nitrogen and oxygen atoms in total. The molecule has 148 valence electrons. The Bertz CT molecular complexity index is 784. The summed E-state index contributed by atoms with van der Waals surface area (Å²) < 4.78 is 10.5. The lowest BCUT2D eigenvalue weighted by Crippen LogP contribution is -2.25. The number of carbonyl (C=O) groups is 2. The van der Waals surface area contributed by atoms with Gasteiger partial charge >= 0.3 is 11.9 Å². The fourth-order valence-corrected chi connectivity index (χ4v) is 3.85. The maximum absolute atomic E-state index is 12.5. The van der Waals surface area contributed by atoms with E-state index in [4.69, 9.17) is 9.47 Å². The minimum Gasteiger partial charge on any atom is -0.427 e. The van der Waals surface area contributed by atoms with E-state index < -0.39 is 0 Å². The predicted octanol–water partition coefficient (Wildman–Crippen LogP) is 5.44. The predicted molar refractivity (Wildman–Crippen MR) is 109 cm³/mol. The highest BCUT2D eigenvalue weighted by Crippen LogP contribution is 2.36. The van der Waals surface area contributed by atoms with E-state index in [-0.39, 0.29) is 17.9 Å². The van der Waals surface area contributed by atoms with Gasteiger partial charge in [0.15, 0.2) is 0 Å². The van der Waals surface area contributed by atoms with Crippen LogP contribution in [0.5, 0.6) is 11.5 Å². The largest absolute Gasteiger partial charge is 0.427 e. The van der Waals surface area contributed by atoms with Gasteiger partial charge in [-0.1, -0.05) is 37.6 Å². The van der Waals surface area contributed by atoms with Crippen LogP contribution >= 0.6 is 0 Å². The lowest BCUT2D eigenvalue weighted by atomic mass is 9.78. The standard InChI is InChI=1S/C24H28O4/c1-3-4-18-5-7-19(8-6-18)20-9-11-21(12-10-20)24(26)28-23-15-13-22(14-16-23)27-17(2)25/h5-8,13-16,20-21H,3-4,9-12H2,1-2H3. The van der Waals surface area contributed by atoms with Crippen molar-refractivity contribution in [3.63, 3.8) is 0 Å². The fraction of sp³-hybridized carbons (Fsp3) is 0.417. The topological polar surface area (TPSA) is 52.6 Å². The summed E-state index contributed by atoms with van der Waals surface area (Å²) in [7, 11) is 0. The average molecular weight is 380 g/mol. The van der Waals surface area contributed by atoms with E-state index in [1.54, 1.807) is 24.3 Å².